The summed E-state index contributed by atoms with van der Waals surface area (Å²) in [5.74, 6) is 1.78. The lowest BCUT2D eigenvalue weighted by Gasteiger charge is -2.35. The van der Waals surface area contributed by atoms with Gasteiger partial charge in [-0.1, -0.05) is 0 Å². The Hall–Kier alpha value is -1.70. The fourth-order valence-electron chi connectivity index (χ4n) is 3.93. The van der Waals surface area contributed by atoms with Gasteiger partial charge in [0.1, 0.15) is 18.0 Å². The Morgan fingerprint density at radius 1 is 1.27 bits per heavy atom. The van der Waals surface area contributed by atoms with Crippen molar-refractivity contribution in [3.63, 3.8) is 0 Å². The van der Waals surface area contributed by atoms with Crippen LogP contribution >= 0.6 is 11.3 Å². The van der Waals surface area contributed by atoms with Gasteiger partial charge in [0, 0.05) is 43.7 Å². The minimum absolute atomic E-state index is 0.180. The van der Waals surface area contributed by atoms with Crippen LogP contribution in [0.4, 0.5) is 11.6 Å². The number of nitrogens with one attached hydrogen (secondary N) is 1. The third kappa shape index (κ3) is 4.00. The van der Waals surface area contributed by atoms with E-state index >= 15 is 0 Å². The molecule has 0 amide bonds. The van der Waals surface area contributed by atoms with Crippen LogP contribution in [0.1, 0.15) is 29.7 Å². The van der Waals surface area contributed by atoms with Crippen molar-refractivity contribution < 1.29 is 5.11 Å². The summed E-state index contributed by atoms with van der Waals surface area (Å²) >= 11 is 1.88. The van der Waals surface area contributed by atoms with E-state index in [1.807, 2.05) is 17.4 Å². The Balaban J connectivity index is 1.31. The maximum Gasteiger partial charge on any atom is 0.134 e. The fraction of sp³-hybridized carbons (Fsp3) is 0.579. The third-order valence-corrected chi connectivity index (χ3v) is 6.43. The lowest BCUT2D eigenvalue weighted by atomic mass is 10.0. The summed E-state index contributed by atoms with van der Waals surface area (Å²) < 4.78 is 0. The number of hydrogen-bond acceptors (Lipinski definition) is 7. The van der Waals surface area contributed by atoms with Gasteiger partial charge in [-0.25, -0.2) is 9.97 Å². The van der Waals surface area contributed by atoms with Gasteiger partial charge in [-0.15, -0.1) is 11.3 Å². The van der Waals surface area contributed by atoms with E-state index in [1.165, 1.54) is 18.4 Å². The molecule has 2 aliphatic heterocycles. The van der Waals surface area contributed by atoms with Crippen molar-refractivity contribution in [2.24, 2.45) is 0 Å². The van der Waals surface area contributed by atoms with Crippen LogP contribution < -0.4 is 10.2 Å². The van der Waals surface area contributed by atoms with Crippen LogP contribution in [0.15, 0.2) is 23.8 Å². The molecule has 0 aromatic carbocycles. The van der Waals surface area contributed by atoms with Crippen molar-refractivity contribution in [3.05, 3.63) is 34.3 Å². The molecule has 0 radical (unpaired) electrons. The minimum Gasteiger partial charge on any atom is -0.394 e. The van der Waals surface area contributed by atoms with Crippen molar-refractivity contribution in [1.29, 1.82) is 0 Å². The minimum atomic E-state index is 0.180. The van der Waals surface area contributed by atoms with Gasteiger partial charge in [-0.3, -0.25) is 4.90 Å². The Labute approximate surface area is 158 Å². The highest BCUT2D eigenvalue weighted by molar-refractivity contribution is 7.10. The normalized spacial score (nSPS) is 20.8. The van der Waals surface area contributed by atoms with Crippen LogP contribution in [0, 0.1) is 0 Å². The van der Waals surface area contributed by atoms with Gasteiger partial charge in [-0.2, -0.15) is 0 Å². The van der Waals surface area contributed by atoms with E-state index < -0.39 is 0 Å². The summed E-state index contributed by atoms with van der Waals surface area (Å²) in [6.45, 7) is 5.22. The first-order valence-electron chi connectivity index (χ1n) is 9.54. The van der Waals surface area contributed by atoms with Crippen molar-refractivity contribution in [3.8, 4) is 0 Å². The predicted octanol–water partition coefficient (Wildman–Crippen LogP) is 2.36. The van der Waals surface area contributed by atoms with Crippen LogP contribution in [0.25, 0.3) is 0 Å². The molecule has 2 aromatic rings. The van der Waals surface area contributed by atoms with E-state index in [0.717, 1.165) is 57.2 Å². The zero-order chi connectivity index (χ0) is 17.8. The summed E-state index contributed by atoms with van der Waals surface area (Å²) in [5, 5.41) is 15.3. The summed E-state index contributed by atoms with van der Waals surface area (Å²) in [4.78, 5) is 15.1. The second kappa shape index (κ2) is 8.33. The average Bonchev–Trinajstić information content (AvgIpc) is 3.16. The van der Waals surface area contributed by atoms with Crippen LogP contribution in [0.3, 0.4) is 0 Å². The van der Waals surface area contributed by atoms with Crippen LogP contribution in [-0.2, 0) is 13.0 Å². The first-order chi connectivity index (χ1) is 12.8. The third-order valence-electron chi connectivity index (χ3n) is 5.41. The van der Waals surface area contributed by atoms with Gasteiger partial charge in [0.05, 0.1) is 12.6 Å². The zero-order valence-corrected chi connectivity index (χ0v) is 15.9. The molecule has 2 aromatic heterocycles. The highest BCUT2D eigenvalue weighted by atomic mass is 32.1. The molecule has 1 atom stereocenters. The molecule has 4 heterocycles. The predicted molar refractivity (Wildman–Crippen MR) is 106 cm³/mol. The van der Waals surface area contributed by atoms with Gasteiger partial charge in [0.15, 0.2) is 0 Å². The van der Waals surface area contributed by atoms with Gasteiger partial charge >= 0.3 is 0 Å². The van der Waals surface area contributed by atoms with Crippen LogP contribution in [0.2, 0.25) is 0 Å². The van der Waals surface area contributed by atoms with Crippen LogP contribution in [0.5, 0.6) is 0 Å². The van der Waals surface area contributed by atoms with Gasteiger partial charge < -0.3 is 15.3 Å². The topological polar surface area (TPSA) is 64.5 Å². The number of anilines is 2. The van der Waals surface area contributed by atoms with Gasteiger partial charge in [0.25, 0.3) is 0 Å². The Morgan fingerprint density at radius 3 is 3.15 bits per heavy atom. The van der Waals surface area contributed by atoms with E-state index in [2.05, 4.69) is 36.5 Å². The largest absolute Gasteiger partial charge is 0.394 e. The number of rotatable bonds is 6. The molecule has 1 fully saturated rings. The van der Waals surface area contributed by atoms with Crippen molar-refractivity contribution in [2.75, 3.05) is 43.0 Å². The Bertz CT molecular complexity index is 721. The summed E-state index contributed by atoms with van der Waals surface area (Å²) in [6.07, 6.45) is 6.16. The van der Waals surface area contributed by atoms with Crippen molar-refractivity contribution in [1.82, 2.24) is 14.9 Å². The van der Waals surface area contributed by atoms with E-state index in [1.54, 1.807) is 11.2 Å². The quantitative estimate of drug-likeness (QED) is 0.810. The molecule has 140 valence electrons. The summed E-state index contributed by atoms with van der Waals surface area (Å²) in [7, 11) is 0. The van der Waals surface area contributed by atoms with Crippen LogP contribution in [-0.4, -0.2) is 58.8 Å². The number of fused-ring (bicyclic) bond motifs is 1. The molecule has 4 rings (SSSR count). The molecule has 1 unspecified atom stereocenters. The molecule has 0 spiro atoms. The van der Waals surface area contributed by atoms with E-state index in [9.17, 15) is 5.11 Å². The number of piperidine rings is 1. The van der Waals surface area contributed by atoms with Crippen molar-refractivity contribution >= 4 is 23.0 Å². The second-order valence-corrected chi connectivity index (χ2v) is 8.11. The van der Waals surface area contributed by atoms with E-state index in [4.69, 9.17) is 0 Å². The monoisotopic (exact) mass is 373 g/mol. The van der Waals surface area contributed by atoms with Gasteiger partial charge in [0.2, 0.25) is 0 Å². The average molecular weight is 374 g/mol. The zero-order valence-electron chi connectivity index (χ0n) is 15.1. The molecule has 0 saturated carbocycles. The smallest absolute Gasteiger partial charge is 0.134 e. The maximum absolute atomic E-state index is 9.63. The molecular weight excluding hydrogens is 346 g/mol. The first-order valence-corrected chi connectivity index (χ1v) is 10.4. The number of thiophene rings is 1. The molecule has 0 aliphatic carbocycles. The number of aliphatic hydroxyl groups excluding tert-OH is 1. The summed E-state index contributed by atoms with van der Waals surface area (Å²) in [6, 6.07) is 4.45. The van der Waals surface area contributed by atoms with Gasteiger partial charge in [-0.05, 0) is 42.7 Å². The number of aromatic nitrogens is 2. The molecule has 2 N–H and O–H groups in total. The molecule has 7 heteroatoms. The fourth-order valence-corrected chi connectivity index (χ4v) is 4.82. The van der Waals surface area contributed by atoms with E-state index in [0.29, 0.717) is 0 Å². The highest BCUT2D eigenvalue weighted by Crippen LogP contribution is 2.25. The molecule has 6 nitrogen and oxygen atoms in total. The number of hydrogen-bond donors (Lipinski definition) is 2. The second-order valence-electron chi connectivity index (χ2n) is 7.11. The number of nitrogens with zero attached hydrogens (tertiary/aromatic N) is 4. The lowest BCUT2D eigenvalue weighted by Crippen LogP contribution is -2.42. The molecule has 26 heavy (non-hydrogen) atoms. The molecule has 0 bridgehead atoms. The summed E-state index contributed by atoms with van der Waals surface area (Å²) in [5.41, 5.74) is 1.49. The molecule has 1 saturated heterocycles. The number of aliphatic hydroxyl groups is 1. The SMILES string of the molecule is OCC1CCCCN1c1cc(NCCN2CCc3sccc3C2)ncn1. The molecule has 2 aliphatic rings. The Morgan fingerprint density at radius 2 is 2.23 bits per heavy atom. The standard InChI is InChI=1S/C19H27N5OS/c25-13-16-3-1-2-7-24(16)19-11-18(21-14-22-19)20-6-9-23-8-4-17-15(12-23)5-10-26-17/h5,10-11,14,16,25H,1-4,6-9,12-13H2,(H,20,21,22). The van der Waals surface area contributed by atoms with Crippen molar-refractivity contribution in [2.45, 2.75) is 38.3 Å². The maximum atomic E-state index is 9.63. The lowest BCUT2D eigenvalue weighted by molar-refractivity contribution is 0.239. The Kier molecular flexibility index (Phi) is 5.67. The molecular formula is C19H27N5OS. The highest BCUT2D eigenvalue weighted by Gasteiger charge is 2.23. The van der Waals surface area contributed by atoms with E-state index in [-0.39, 0.29) is 12.6 Å². The first kappa shape index (κ1) is 17.7.